The summed E-state index contributed by atoms with van der Waals surface area (Å²) >= 11 is 0. The first kappa shape index (κ1) is 15.2. The largest absolute Gasteiger partial charge is 0.370 e. The van der Waals surface area contributed by atoms with Gasteiger partial charge in [-0.05, 0) is 19.8 Å². The van der Waals surface area contributed by atoms with E-state index in [1.54, 1.807) is 12.5 Å². The van der Waals surface area contributed by atoms with Crippen molar-refractivity contribution >= 4 is 11.6 Å². The maximum atomic E-state index is 4.38. The summed E-state index contributed by atoms with van der Waals surface area (Å²) in [7, 11) is 0. The molecule has 0 fully saturated rings. The number of hydrogen-bond donors (Lipinski definition) is 2. The average Bonchev–Trinajstić information content (AvgIpc) is 3.00. The second-order valence-corrected chi connectivity index (χ2v) is 4.78. The second-order valence-electron chi connectivity index (χ2n) is 4.78. The number of nitrogens with one attached hydrogen (secondary N) is 2. The van der Waals surface area contributed by atoms with Crippen LogP contribution in [-0.4, -0.2) is 38.1 Å². The lowest BCUT2D eigenvalue weighted by Crippen LogP contribution is -2.12. The van der Waals surface area contributed by atoms with Gasteiger partial charge in [-0.2, -0.15) is 0 Å². The molecule has 0 bridgehead atoms. The molecular formula is C14H23N7. The topological polar surface area (TPSA) is 80.5 Å². The van der Waals surface area contributed by atoms with Crippen molar-refractivity contribution in [3.8, 4) is 0 Å². The molecule has 0 aliphatic rings. The lowest BCUT2D eigenvalue weighted by molar-refractivity contribution is 0.569. The quantitative estimate of drug-likeness (QED) is 0.687. The maximum Gasteiger partial charge on any atom is 0.134 e. The number of nitrogens with zero attached hydrogens (tertiary/aromatic N) is 5. The molecule has 7 nitrogen and oxygen atoms in total. The fraction of sp³-hybridized carbons (Fsp3) is 0.571. The lowest BCUT2D eigenvalue weighted by atomic mass is 10.1. The lowest BCUT2D eigenvalue weighted by Gasteiger charge is -2.14. The van der Waals surface area contributed by atoms with E-state index < -0.39 is 0 Å². The minimum atomic E-state index is 0.846. The average molecular weight is 289 g/mol. The van der Waals surface area contributed by atoms with E-state index in [1.807, 2.05) is 10.9 Å². The smallest absolute Gasteiger partial charge is 0.134 e. The zero-order valence-corrected chi connectivity index (χ0v) is 12.7. The van der Waals surface area contributed by atoms with Crippen LogP contribution in [0.1, 0.15) is 32.3 Å². The van der Waals surface area contributed by atoms with Crippen LogP contribution in [0, 0.1) is 0 Å². The molecule has 0 aromatic carbocycles. The third kappa shape index (κ3) is 4.40. The van der Waals surface area contributed by atoms with Crippen LogP contribution in [0.5, 0.6) is 0 Å². The highest BCUT2D eigenvalue weighted by Crippen LogP contribution is 2.21. The van der Waals surface area contributed by atoms with Crippen LogP contribution < -0.4 is 10.6 Å². The predicted molar refractivity (Wildman–Crippen MR) is 83.3 cm³/mol. The van der Waals surface area contributed by atoms with Crippen molar-refractivity contribution in [2.45, 2.75) is 39.7 Å². The van der Waals surface area contributed by atoms with Crippen molar-refractivity contribution in [3.05, 3.63) is 24.3 Å². The van der Waals surface area contributed by atoms with Crippen LogP contribution in [-0.2, 0) is 13.0 Å². The van der Waals surface area contributed by atoms with Crippen LogP contribution in [0.25, 0.3) is 0 Å². The van der Waals surface area contributed by atoms with Gasteiger partial charge in [0.15, 0.2) is 0 Å². The van der Waals surface area contributed by atoms with Gasteiger partial charge in [0.2, 0.25) is 0 Å². The Hall–Kier alpha value is -2.18. The van der Waals surface area contributed by atoms with Crippen molar-refractivity contribution in [2.24, 2.45) is 0 Å². The van der Waals surface area contributed by atoms with E-state index in [2.05, 4.69) is 44.8 Å². The summed E-state index contributed by atoms with van der Waals surface area (Å²) in [5, 5.41) is 14.5. The Morgan fingerprint density at radius 3 is 2.62 bits per heavy atom. The molecule has 2 N–H and O–H groups in total. The normalized spacial score (nSPS) is 10.6. The van der Waals surface area contributed by atoms with Gasteiger partial charge in [-0.1, -0.05) is 18.6 Å². The molecule has 0 aliphatic carbocycles. The van der Waals surface area contributed by atoms with E-state index in [4.69, 9.17) is 0 Å². The molecule has 114 valence electrons. The van der Waals surface area contributed by atoms with Gasteiger partial charge in [0.05, 0.1) is 6.20 Å². The first-order valence-corrected chi connectivity index (χ1v) is 7.50. The Morgan fingerprint density at radius 1 is 1.14 bits per heavy atom. The summed E-state index contributed by atoms with van der Waals surface area (Å²) in [5.74, 6) is 1.87. The standard InChI is InChI=1S/C14H23N7/c1-3-6-12-13(15-4-2)17-11-18-14(12)16-7-5-9-21-10-8-19-20-21/h8,10-11H,3-7,9H2,1-2H3,(H2,15,16,17,18). The summed E-state index contributed by atoms with van der Waals surface area (Å²) in [5.41, 5.74) is 1.17. The zero-order chi connectivity index (χ0) is 14.9. The van der Waals surface area contributed by atoms with Crippen LogP contribution in [0.2, 0.25) is 0 Å². The molecule has 0 radical (unpaired) electrons. The Balaban J connectivity index is 1.93. The third-order valence-electron chi connectivity index (χ3n) is 3.12. The summed E-state index contributed by atoms with van der Waals surface area (Å²) in [6.07, 6.45) is 8.18. The van der Waals surface area contributed by atoms with Crippen LogP contribution in [0.15, 0.2) is 18.7 Å². The summed E-state index contributed by atoms with van der Waals surface area (Å²) in [6.45, 7) is 6.79. The molecule has 0 spiro atoms. The highest BCUT2D eigenvalue weighted by Gasteiger charge is 2.09. The summed E-state index contributed by atoms with van der Waals surface area (Å²) in [6, 6.07) is 0. The molecule has 0 saturated heterocycles. The minimum Gasteiger partial charge on any atom is -0.370 e. The predicted octanol–water partition coefficient (Wildman–Crippen LogP) is 1.95. The fourth-order valence-electron chi connectivity index (χ4n) is 2.17. The first-order chi connectivity index (χ1) is 10.3. The molecule has 0 saturated carbocycles. The maximum absolute atomic E-state index is 4.38. The van der Waals surface area contributed by atoms with Gasteiger partial charge in [0.25, 0.3) is 0 Å². The van der Waals surface area contributed by atoms with E-state index in [1.165, 1.54) is 5.56 Å². The van der Waals surface area contributed by atoms with Crippen LogP contribution in [0.4, 0.5) is 11.6 Å². The van der Waals surface area contributed by atoms with Crippen molar-refractivity contribution in [3.63, 3.8) is 0 Å². The Labute approximate surface area is 125 Å². The monoisotopic (exact) mass is 289 g/mol. The zero-order valence-electron chi connectivity index (χ0n) is 12.7. The van der Waals surface area contributed by atoms with E-state index >= 15 is 0 Å². The molecular weight excluding hydrogens is 266 g/mol. The molecule has 21 heavy (non-hydrogen) atoms. The van der Waals surface area contributed by atoms with Gasteiger partial charge < -0.3 is 10.6 Å². The van der Waals surface area contributed by atoms with Gasteiger partial charge >= 0.3 is 0 Å². The van der Waals surface area contributed by atoms with Crippen molar-refractivity contribution < 1.29 is 0 Å². The molecule has 0 unspecified atom stereocenters. The number of rotatable bonds is 9. The van der Waals surface area contributed by atoms with Crippen LogP contribution in [0.3, 0.4) is 0 Å². The Morgan fingerprint density at radius 2 is 1.95 bits per heavy atom. The number of hydrogen-bond acceptors (Lipinski definition) is 6. The molecule has 2 heterocycles. The summed E-state index contributed by atoms with van der Waals surface area (Å²) in [4.78, 5) is 8.71. The molecule has 2 rings (SSSR count). The van der Waals surface area contributed by atoms with Crippen LogP contribution >= 0.6 is 0 Å². The van der Waals surface area contributed by atoms with Gasteiger partial charge in [0.1, 0.15) is 18.0 Å². The van der Waals surface area contributed by atoms with Gasteiger partial charge in [-0.25, -0.2) is 9.97 Å². The molecule has 7 heteroatoms. The Bertz CT molecular complexity index is 524. The molecule has 0 aliphatic heterocycles. The number of aromatic nitrogens is 5. The number of aryl methyl sites for hydroxylation is 1. The number of anilines is 2. The molecule has 0 amide bonds. The molecule has 2 aromatic heterocycles. The Kier molecular flexibility index (Phi) is 5.93. The van der Waals surface area contributed by atoms with Crippen molar-refractivity contribution in [1.82, 2.24) is 25.0 Å². The van der Waals surface area contributed by atoms with E-state index in [0.717, 1.165) is 50.5 Å². The third-order valence-corrected chi connectivity index (χ3v) is 3.12. The highest BCUT2D eigenvalue weighted by molar-refractivity contribution is 5.57. The SMILES string of the molecule is CCCc1c(NCC)ncnc1NCCCn1ccnn1. The fourth-order valence-corrected chi connectivity index (χ4v) is 2.17. The molecule has 2 aromatic rings. The van der Waals surface area contributed by atoms with Gasteiger partial charge in [0, 0.05) is 31.4 Å². The van der Waals surface area contributed by atoms with E-state index in [-0.39, 0.29) is 0 Å². The van der Waals surface area contributed by atoms with E-state index in [9.17, 15) is 0 Å². The highest BCUT2D eigenvalue weighted by atomic mass is 15.4. The summed E-state index contributed by atoms with van der Waals surface area (Å²) < 4.78 is 1.83. The second kappa shape index (κ2) is 8.18. The van der Waals surface area contributed by atoms with Gasteiger partial charge in [-0.15, -0.1) is 5.10 Å². The first-order valence-electron chi connectivity index (χ1n) is 7.50. The van der Waals surface area contributed by atoms with Crippen molar-refractivity contribution in [2.75, 3.05) is 23.7 Å². The van der Waals surface area contributed by atoms with E-state index in [0.29, 0.717) is 0 Å². The minimum absolute atomic E-state index is 0.846. The van der Waals surface area contributed by atoms with Crippen molar-refractivity contribution in [1.29, 1.82) is 0 Å². The van der Waals surface area contributed by atoms with Gasteiger partial charge in [-0.3, -0.25) is 4.68 Å². The molecule has 0 atom stereocenters.